The molecular formula is C42H27BN2O. The minimum absolute atomic E-state index is 0.116. The molecule has 10 rings (SSSR count). The number of fused-ring (bicyclic) bond motifs is 8. The van der Waals surface area contributed by atoms with Gasteiger partial charge >= 0.3 is 0 Å². The molecule has 1 aromatic heterocycles. The van der Waals surface area contributed by atoms with Gasteiger partial charge in [0.25, 0.3) is 0 Å². The van der Waals surface area contributed by atoms with Crippen molar-refractivity contribution in [3.05, 3.63) is 164 Å². The van der Waals surface area contributed by atoms with Crippen molar-refractivity contribution in [1.82, 2.24) is 0 Å². The minimum atomic E-state index is 0.116. The van der Waals surface area contributed by atoms with Gasteiger partial charge in [0.15, 0.2) is 0 Å². The Hall–Kier alpha value is -6.00. The zero-order valence-corrected chi connectivity index (χ0v) is 25.0. The van der Waals surface area contributed by atoms with Crippen LogP contribution < -0.4 is 26.2 Å². The van der Waals surface area contributed by atoms with Crippen LogP contribution in [0.3, 0.4) is 0 Å². The average Bonchev–Trinajstić information content (AvgIpc) is 3.65. The Morgan fingerprint density at radius 1 is 0.457 bits per heavy atom. The van der Waals surface area contributed by atoms with Gasteiger partial charge in [-0.3, -0.25) is 0 Å². The van der Waals surface area contributed by atoms with Crippen molar-refractivity contribution >= 4 is 79.2 Å². The van der Waals surface area contributed by atoms with Gasteiger partial charge in [-0.15, -0.1) is 0 Å². The number of anilines is 6. The number of rotatable bonds is 4. The second-order valence-corrected chi connectivity index (χ2v) is 12.1. The average molecular weight is 587 g/mol. The number of hydrogen-bond donors (Lipinski definition) is 0. The maximum absolute atomic E-state index is 6.48. The van der Waals surface area contributed by atoms with Crippen LogP contribution in [0.25, 0.3) is 33.1 Å². The summed E-state index contributed by atoms with van der Waals surface area (Å²) in [5.74, 6) is 0. The molecule has 0 saturated heterocycles. The van der Waals surface area contributed by atoms with Crippen LogP contribution >= 0.6 is 0 Å². The summed E-state index contributed by atoms with van der Waals surface area (Å²) in [5.41, 5.74) is 15.2. The van der Waals surface area contributed by atoms with Crippen LogP contribution in [0.4, 0.5) is 34.1 Å². The zero-order chi connectivity index (χ0) is 30.2. The first-order chi connectivity index (χ1) is 22.8. The highest BCUT2D eigenvalue weighted by molar-refractivity contribution is 7.01. The number of hydrogen-bond acceptors (Lipinski definition) is 3. The third-order valence-electron chi connectivity index (χ3n) is 9.61. The lowest BCUT2D eigenvalue weighted by Crippen LogP contribution is -2.54. The van der Waals surface area contributed by atoms with Crippen molar-refractivity contribution in [2.45, 2.75) is 0 Å². The summed E-state index contributed by atoms with van der Waals surface area (Å²) in [5, 5.41) is 2.31. The highest BCUT2D eigenvalue weighted by atomic mass is 16.3. The van der Waals surface area contributed by atoms with Crippen molar-refractivity contribution in [1.29, 1.82) is 0 Å². The molecule has 2 aliphatic rings. The quantitative estimate of drug-likeness (QED) is 0.192. The van der Waals surface area contributed by atoms with E-state index in [1.807, 2.05) is 6.07 Å². The Bertz CT molecular complexity index is 2400. The number of para-hydroxylation sites is 4. The van der Waals surface area contributed by atoms with Crippen LogP contribution in [0, 0.1) is 0 Å². The van der Waals surface area contributed by atoms with Gasteiger partial charge < -0.3 is 14.2 Å². The topological polar surface area (TPSA) is 19.6 Å². The Morgan fingerprint density at radius 3 is 1.87 bits per heavy atom. The van der Waals surface area contributed by atoms with Crippen LogP contribution in [0.15, 0.2) is 168 Å². The molecule has 46 heavy (non-hydrogen) atoms. The van der Waals surface area contributed by atoms with Crippen LogP contribution in [-0.4, -0.2) is 6.71 Å². The van der Waals surface area contributed by atoms with Gasteiger partial charge in [0.2, 0.25) is 6.71 Å². The molecule has 8 aromatic rings. The first-order valence-electron chi connectivity index (χ1n) is 15.8. The summed E-state index contributed by atoms with van der Waals surface area (Å²) < 4.78 is 6.48. The third-order valence-corrected chi connectivity index (χ3v) is 9.61. The van der Waals surface area contributed by atoms with Crippen molar-refractivity contribution in [2.24, 2.45) is 0 Å². The van der Waals surface area contributed by atoms with Gasteiger partial charge in [-0.2, -0.15) is 0 Å². The molecule has 4 heteroatoms. The first-order valence-corrected chi connectivity index (χ1v) is 15.8. The lowest BCUT2D eigenvalue weighted by atomic mass is 9.37. The molecule has 0 saturated carbocycles. The van der Waals surface area contributed by atoms with E-state index in [-0.39, 0.29) is 6.71 Å². The molecule has 0 unspecified atom stereocenters. The third kappa shape index (κ3) is 3.61. The van der Waals surface area contributed by atoms with Crippen LogP contribution in [0.2, 0.25) is 0 Å². The molecule has 3 heterocycles. The van der Waals surface area contributed by atoms with E-state index in [1.165, 1.54) is 33.2 Å². The smallest absolute Gasteiger partial charge is 0.248 e. The SMILES string of the molecule is c1ccc(N(c2ccccc2)c2cc3c4c(c2)N(c2ccccc2)c2cc5oc6ccccc6c5cc2B4c2ccccc2-3)cc1. The lowest BCUT2D eigenvalue weighted by Gasteiger charge is -2.37. The molecule has 0 atom stereocenters. The summed E-state index contributed by atoms with van der Waals surface area (Å²) in [4.78, 5) is 4.81. The van der Waals surface area contributed by atoms with Gasteiger partial charge in [0.05, 0.1) is 0 Å². The molecular weight excluding hydrogens is 559 g/mol. The second-order valence-electron chi connectivity index (χ2n) is 12.1. The molecule has 3 nitrogen and oxygen atoms in total. The summed E-state index contributed by atoms with van der Waals surface area (Å²) in [6, 6.07) is 58.9. The first kappa shape index (κ1) is 25.3. The van der Waals surface area contributed by atoms with Crippen molar-refractivity contribution in [2.75, 3.05) is 9.80 Å². The molecule has 0 N–H and O–H groups in total. The van der Waals surface area contributed by atoms with Gasteiger partial charge in [-0.25, -0.2) is 0 Å². The number of furan rings is 1. The van der Waals surface area contributed by atoms with E-state index in [0.717, 1.165) is 50.4 Å². The molecule has 0 amide bonds. The second kappa shape index (κ2) is 9.75. The van der Waals surface area contributed by atoms with Crippen molar-refractivity contribution in [3.8, 4) is 11.1 Å². The van der Waals surface area contributed by atoms with Crippen LogP contribution in [0.1, 0.15) is 0 Å². The van der Waals surface area contributed by atoms with Crippen molar-refractivity contribution in [3.63, 3.8) is 0 Å². The van der Waals surface area contributed by atoms with Gasteiger partial charge in [0, 0.05) is 51.0 Å². The Morgan fingerprint density at radius 2 is 1.11 bits per heavy atom. The van der Waals surface area contributed by atoms with E-state index in [9.17, 15) is 0 Å². The zero-order valence-electron chi connectivity index (χ0n) is 25.0. The lowest BCUT2D eigenvalue weighted by molar-refractivity contribution is 0.669. The minimum Gasteiger partial charge on any atom is -0.456 e. The number of nitrogens with zero attached hydrogens (tertiary/aromatic N) is 2. The van der Waals surface area contributed by atoms with Crippen molar-refractivity contribution < 1.29 is 4.42 Å². The maximum Gasteiger partial charge on any atom is 0.248 e. The molecule has 0 spiro atoms. The highest BCUT2D eigenvalue weighted by Gasteiger charge is 2.43. The monoisotopic (exact) mass is 586 g/mol. The van der Waals surface area contributed by atoms with Crippen LogP contribution in [-0.2, 0) is 0 Å². The summed E-state index contributed by atoms with van der Waals surface area (Å²) in [6.45, 7) is 0.116. The van der Waals surface area contributed by atoms with E-state index < -0.39 is 0 Å². The fourth-order valence-electron chi connectivity index (χ4n) is 7.72. The van der Waals surface area contributed by atoms with Crippen LogP contribution in [0.5, 0.6) is 0 Å². The highest BCUT2D eigenvalue weighted by Crippen LogP contribution is 2.46. The fraction of sp³-hybridized carbons (Fsp3) is 0. The largest absolute Gasteiger partial charge is 0.456 e. The molecule has 0 aliphatic carbocycles. The molecule has 2 aliphatic heterocycles. The Balaban J connectivity index is 1.31. The predicted octanol–water partition coefficient (Wildman–Crippen LogP) is 9.34. The molecule has 214 valence electrons. The molecule has 0 bridgehead atoms. The summed E-state index contributed by atoms with van der Waals surface area (Å²) >= 11 is 0. The maximum atomic E-state index is 6.48. The Kier molecular flexibility index (Phi) is 5.37. The molecule has 0 radical (unpaired) electrons. The van der Waals surface area contributed by atoms with E-state index in [1.54, 1.807) is 0 Å². The summed E-state index contributed by atoms with van der Waals surface area (Å²) in [7, 11) is 0. The van der Waals surface area contributed by atoms with E-state index >= 15 is 0 Å². The fourth-order valence-corrected chi connectivity index (χ4v) is 7.72. The standard InChI is InChI=1S/C42H27BN2O/c1-4-14-28(15-5-1)44(29-16-6-2-7-17-29)31-24-35-32-20-10-12-22-36(32)43-37-26-34-33-21-11-13-23-40(33)46-41(34)27-38(37)45(39(25-31)42(35)43)30-18-8-3-9-19-30/h1-27H. The normalized spacial score (nSPS) is 12.7. The van der Waals surface area contributed by atoms with E-state index in [0.29, 0.717) is 0 Å². The van der Waals surface area contributed by atoms with E-state index in [2.05, 4.69) is 168 Å². The van der Waals surface area contributed by atoms with Gasteiger partial charge in [-0.05, 0) is 76.6 Å². The molecule has 7 aromatic carbocycles. The van der Waals surface area contributed by atoms with Gasteiger partial charge in [0.1, 0.15) is 11.2 Å². The Labute approximate surface area is 267 Å². The predicted molar refractivity (Wildman–Crippen MR) is 193 cm³/mol. The number of benzene rings is 7. The van der Waals surface area contributed by atoms with Gasteiger partial charge in [-0.1, -0.05) is 109 Å². The summed E-state index contributed by atoms with van der Waals surface area (Å²) in [6.07, 6.45) is 0. The molecule has 0 fully saturated rings. The van der Waals surface area contributed by atoms with E-state index in [4.69, 9.17) is 4.42 Å².